The first-order chi connectivity index (χ1) is 3.63. The van der Waals surface area contributed by atoms with Gasteiger partial charge in [-0.15, -0.1) is 0 Å². The summed E-state index contributed by atoms with van der Waals surface area (Å²) in [6, 6.07) is 0. The smallest absolute Gasteiger partial charge is 0.302 e. The Morgan fingerprint density at radius 2 is 2.22 bits per heavy atom. The zero-order valence-corrected chi connectivity index (χ0v) is 5.55. The largest absolute Gasteiger partial charge is 0.463 e. The number of esters is 1. The van der Waals surface area contributed by atoms with Crippen LogP contribution in [0.5, 0.6) is 0 Å². The van der Waals surface area contributed by atoms with E-state index < -0.39 is 6.10 Å². The Morgan fingerprint density at radius 1 is 1.78 bits per heavy atom. The Morgan fingerprint density at radius 3 is 2.33 bits per heavy atom. The molecule has 1 unspecified atom stereocenters. The first-order valence-corrected chi connectivity index (χ1v) is 2.44. The van der Waals surface area contributed by atoms with Gasteiger partial charge in [-0.3, -0.25) is 4.79 Å². The van der Waals surface area contributed by atoms with Gasteiger partial charge in [-0.25, -0.2) is 0 Å². The second kappa shape index (κ2) is 5.53. The van der Waals surface area contributed by atoms with Crippen LogP contribution in [0.3, 0.4) is 0 Å². The molecule has 0 radical (unpaired) electrons. The van der Waals surface area contributed by atoms with Crippen molar-refractivity contribution in [3.63, 3.8) is 0 Å². The van der Waals surface area contributed by atoms with E-state index in [1.807, 2.05) is 0 Å². The fraction of sp³-hybridized carbons (Fsp3) is 0.800. The van der Waals surface area contributed by atoms with E-state index in [-0.39, 0.29) is 18.1 Å². The average molecular weight is 136 g/mol. The summed E-state index contributed by atoms with van der Waals surface area (Å²) >= 11 is 0. The van der Waals surface area contributed by atoms with Crippen LogP contribution in [0.25, 0.3) is 0 Å². The number of carbonyl (C=O) groups excluding carboxylic acids is 1. The summed E-state index contributed by atoms with van der Waals surface area (Å²) in [5, 5.41) is 8.52. The molecule has 4 nitrogen and oxygen atoms in total. The molecule has 56 valence electrons. The highest BCUT2D eigenvalue weighted by Crippen LogP contribution is 1.81. The number of carbonyl (C=O) groups is 1. The molecule has 0 saturated heterocycles. The van der Waals surface area contributed by atoms with Gasteiger partial charge in [-0.05, 0) is 6.92 Å². The van der Waals surface area contributed by atoms with Crippen molar-refractivity contribution in [2.45, 2.75) is 20.0 Å². The zero-order chi connectivity index (χ0) is 6.57. The summed E-state index contributed by atoms with van der Waals surface area (Å²) in [7, 11) is 0. The van der Waals surface area contributed by atoms with Crippen LogP contribution >= 0.6 is 0 Å². The van der Waals surface area contributed by atoms with Gasteiger partial charge < -0.3 is 15.3 Å². The molecule has 0 spiro atoms. The molecule has 0 aromatic heterocycles. The van der Waals surface area contributed by atoms with Crippen molar-refractivity contribution in [1.29, 1.82) is 0 Å². The minimum Gasteiger partial charge on any atom is -0.463 e. The van der Waals surface area contributed by atoms with Crippen molar-refractivity contribution in [2.75, 3.05) is 6.61 Å². The maximum absolute atomic E-state index is 10.0. The SMILES string of the molecule is CC(=O)OCC(C)O.O. The van der Waals surface area contributed by atoms with E-state index in [9.17, 15) is 4.79 Å². The van der Waals surface area contributed by atoms with Crippen molar-refractivity contribution >= 4 is 5.97 Å². The van der Waals surface area contributed by atoms with Gasteiger partial charge in [0.05, 0.1) is 6.10 Å². The van der Waals surface area contributed by atoms with E-state index in [1.165, 1.54) is 6.92 Å². The fourth-order valence-electron chi connectivity index (χ4n) is 0.238. The van der Waals surface area contributed by atoms with Crippen molar-refractivity contribution in [3.05, 3.63) is 0 Å². The van der Waals surface area contributed by atoms with Gasteiger partial charge in [-0.2, -0.15) is 0 Å². The molecule has 0 amide bonds. The number of rotatable bonds is 2. The van der Waals surface area contributed by atoms with Crippen molar-refractivity contribution in [3.8, 4) is 0 Å². The lowest BCUT2D eigenvalue weighted by Gasteiger charge is -2.01. The van der Waals surface area contributed by atoms with Crippen molar-refractivity contribution in [2.24, 2.45) is 0 Å². The highest BCUT2D eigenvalue weighted by molar-refractivity contribution is 5.65. The Balaban J connectivity index is 0. The van der Waals surface area contributed by atoms with Gasteiger partial charge >= 0.3 is 5.97 Å². The number of hydrogen-bond acceptors (Lipinski definition) is 3. The molecule has 0 rings (SSSR count). The Kier molecular flexibility index (Phi) is 6.89. The molecule has 0 aliphatic carbocycles. The summed E-state index contributed by atoms with van der Waals surface area (Å²) in [6.07, 6.45) is -0.557. The molecule has 1 atom stereocenters. The lowest BCUT2D eigenvalue weighted by molar-refractivity contribution is -0.143. The van der Waals surface area contributed by atoms with Crippen LogP contribution in [0.1, 0.15) is 13.8 Å². The Hall–Kier alpha value is -0.610. The van der Waals surface area contributed by atoms with Crippen LogP contribution in [0.2, 0.25) is 0 Å². The van der Waals surface area contributed by atoms with E-state index in [0.717, 1.165) is 0 Å². The van der Waals surface area contributed by atoms with Crippen molar-refractivity contribution < 1.29 is 20.1 Å². The second-order valence-corrected chi connectivity index (χ2v) is 1.65. The topological polar surface area (TPSA) is 78.0 Å². The molecule has 0 fully saturated rings. The van der Waals surface area contributed by atoms with Crippen LogP contribution in [0, 0.1) is 0 Å². The second-order valence-electron chi connectivity index (χ2n) is 1.65. The van der Waals surface area contributed by atoms with Gasteiger partial charge in [0, 0.05) is 6.92 Å². The molecule has 4 heteroatoms. The number of aliphatic hydroxyl groups excluding tert-OH is 1. The van der Waals surface area contributed by atoms with E-state index in [0.29, 0.717) is 0 Å². The maximum atomic E-state index is 10.0. The molecule has 0 aliphatic heterocycles. The molecule has 0 aliphatic rings. The highest BCUT2D eigenvalue weighted by atomic mass is 16.5. The lowest BCUT2D eigenvalue weighted by Crippen LogP contribution is -2.12. The molecule has 0 aromatic rings. The minimum absolute atomic E-state index is 0. The molecular weight excluding hydrogens is 124 g/mol. The standard InChI is InChI=1S/C5H10O3.H2O/c1-4(6)3-8-5(2)7;/h4,6H,3H2,1-2H3;1H2. The first kappa shape index (κ1) is 11.2. The molecule has 0 saturated carbocycles. The summed E-state index contributed by atoms with van der Waals surface area (Å²) in [4.78, 5) is 10.0. The Labute approximate surface area is 53.7 Å². The van der Waals surface area contributed by atoms with Gasteiger partial charge in [0.15, 0.2) is 0 Å². The van der Waals surface area contributed by atoms with Gasteiger partial charge in [0.2, 0.25) is 0 Å². The third-order valence-corrected chi connectivity index (χ3v) is 0.528. The summed E-state index contributed by atoms with van der Waals surface area (Å²) in [5.74, 6) is -0.356. The quantitative estimate of drug-likeness (QED) is 0.500. The first-order valence-electron chi connectivity index (χ1n) is 2.44. The van der Waals surface area contributed by atoms with Crippen LogP contribution in [-0.2, 0) is 9.53 Å². The van der Waals surface area contributed by atoms with Crippen LogP contribution < -0.4 is 0 Å². The average Bonchev–Trinajstić information content (AvgIpc) is 1.61. The molecule has 0 aromatic carbocycles. The van der Waals surface area contributed by atoms with Gasteiger partial charge in [-0.1, -0.05) is 0 Å². The van der Waals surface area contributed by atoms with Crippen LogP contribution in [-0.4, -0.2) is 29.3 Å². The predicted molar refractivity (Wildman–Crippen MR) is 31.9 cm³/mol. The van der Waals surface area contributed by atoms with Gasteiger partial charge in [0.1, 0.15) is 6.61 Å². The fourth-order valence-corrected chi connectivity index (χ4v) is 0.238. The molecule has 0 bridgehead atoms. The van der Waals surface area contributed by atoms with Gasteiger partial charge in [0.25, 0.3) is 0 Å². The summed E-state index contributed by atoms with van der Waals surface area (Å²) in [6.45, 7) is 2.96. The minimum atomic E-state index is -0.557. The lowest BCUT2D eigenvalue weighted by atomic mass is 10.4. The Bertz CT molecular complexity index is 79.0. The molecule has 3 N–H and O–H groups in total. The summed E-state index contributed by atoms with van der Waals surface area (Å²) < 4.78 is 4.41. The third-order valence-electron chi connectivity index (χ3n) is 0.528. The zero-order valence-electron chi connectivity index (χ0n) is 5.55. The number of ether oxygens (including phenoxy) is 1. The molecular formula is C5H12O4. The maximum Gasteiger partial charge on any atom is 0.302 e. The molecule has 0 heterocycles. The predicted octanol–water partition coefficient (Wildman–Crippen LogP) is -0.894. The molecule has 9 heavy (non-hydrogen) atoms. The normalized spacial score (nSPS) is 11.4. The van der Waals surface area contributed by atoms with Crippen LogP contribution in [0.15, 0.2) is 0 Å². The van der Waals surface area contributed by atoms with E-state index >= 15 is 0 Å². The van der Waals surface area contributed by atoms with E-state index in [1.54, 1.807) is 6.92 Å². The van der Waals surface area contributed by atoms with Crippen LogP contribution in [0.4, 0.5) is 0 Å². The van der Waals surface area contributed by atoms with E-state index in [2.05, 4.69) is 4.74 Å². The highest BCUT2D eigenvalue weighted by Gasteiger charge is 1.96. The number of hydrogen-bond donors (Lipinski definition) is 1. The number of aliphatic hydroxyl groups is 1. The monoisotopic (exact) mass is 136 g/mol. The van der Waals surface area contributed by atoms with Crippen molar-refractivity contribution in [1.82, 2.24) is 0 Å². The summed E-state index contributed by atoms with van der Waals surface area (Å²) in [5.41, 5.74) is 0. The van der Waals surface area contributed by atoms with E-state index in [4.69, 9.17) is 5.11 Å². The third kappa shape index (κ3) is 11.1.